The molecular formula is C16H22N4. The Morgan fingerprint density at radius 3 is 2.70 bits per heavy atom. The Morgan fingerprint density at radius 2 is 1.95 bits per heavy atom. The summed E-state index contributed by atoms with van der Waals surface area (Å²) in [7, 11) is 2.19. The normalized spacial score (nSPS) is 19.4. The van der Waals surface area contributed by atoms with Crippen molar-refractivity contribution in [1.82, 2.24) is 9.88 Å². The van der Waals surface area contributed by atoms with Crippen LogP contribution in [0.25, 0.3) is 10.9 Å². The molecular weight excluding hydrogens is 248 g/mol. The van der Waals surface area contributed by atoms with Crippen LogP contribution in [-0.2, 0) is 0 Å². The molecule has 0 unspecified atom stereocenters. The largest absolute Gasteiger partial charge is 0.396 e. The first-order valence-corrected chi connectivity index (χ1v) is 7.08. The van der Waals surface area contributed by atoms with Crippen LogP contribution in [0.5, 0.6) is 0 Å². The van der Waals surface area contributed by atoms with Gasteiger partial charge in [0.25, 0.3) is 0 Å². The molecule has 1 aliphatic rings. The van der Waals surface area contributed by atoms with Gasteiger partial charge in [-0.1, -0.05) is 18.2 Å². The zero-order valence-electron chi connectivity index (χ0n) is 12.4. The SMILES string of the molecule is CN1CCN(c2c(N)cnc3ccccc23)CC1(C)C. The summed E-state index contributed by atoms with van der Waals surface area (Å²) in [6.07, 6.45) is 1.78. The van der Waals surface area contributed by atoms with E-state index in [-0.39, 0.29) is 5.54 Å². The van der Waals surface area contributed by atoms with Gasteiger partial charge in [-0.3, -0.25) is 9.88 Å². The second-order valence-electron chi connectivity index (χ2n) is 6.23. The highest BCUT2D eigenvalue weighted by Gasteiger charge is 2.32. The molecule has 1 saturated heterocycles. The van der Waals surface area contributed by atoms with Crippen LogP contribution >= 0.6 is 0 Å². The van der Waals surface area contributed by atoms with E-state index in [2.05, 4.69) is 41.7 Å². The van der Waals surface area contributed by atoms with Crippen molar-refractivity contribution in [2.45, 2.75) is 19.4 Å². The third-order valence-corrected chi connectivity index (χ3v) is 4.41. The Kier molecular flexibility index (Phi) is 3.05. The molecule has 2 aromatic rings. The van der Waals surface area contributed by atoms with Crippen LogP contribution in [-0.4, -0.2) is 42.1 Å². The van der Waals surface area contributed by atoms with E-state index in [4.69, 9.17) is 5.73 Å². The number of hydrogen-bond acceptors (Lipinski definition) is 4. The molecule has 4 nitrogen and oxygen atoms in total. The molecule has 0 bridgehead atoms. The third kappa shape index (κ3) is 2.10. The number of likely N-dealkylation sites (N-methyl/N-ethyl adjacent to an activating group) is 1. The smallest absolute Gasteiger partial charge is 0.0745 e. The second-order valence-corrected chi connectivity index (χ2v) is 6.23. The van der Waals surface area contributed by atoms with Crippen molar-refractivity contribution in [1.29, 1.82) is 0 Å². The fourth-order valence-electron chi connectivity index (χ4n) is 2.93. The molecule has 20 heavy (non-hydrogen) atoms. The van der Waals surface area contributed by atoms with Crippen LogP contribution in [0.1, 0.15) is 13.8 Å². The van der Waals surface area contributed by atoms with Gasteiger partial charge in [-0.05, 0) is 27.0 Å². The molecule has 0 aliphatic carbocycles. The van der Waals surface area contributed by atoms with Crippen LogP contribution in [0, 0.1) is 0 Å². The van der Waals surface area contributed by atoms with Gasteiger partial charge in [0, 0.05) is 30.6 Å². The van der Waals surface area contributed by atoms with E-state index in [1.165, 1.54) is 0 Å². The van der Waals surface area contributed by atoms with E-state index >= 15 is 0 Å². The average molecular weight is 270 g/mol. The summed E-state index contributed by atoms with van der Waals surface area (Å²) in [6.45, 7) is 7.57. The predicted molar refractivity (Wildman–Crippen MR) is 85.1 cm³/mol. The van der Waals surface area contributed by atoms with Crippen LogP contribution in [0.15, 0.2) is 30.5 Å². The zero-order chi connectivity index (χ0) is 14.3. The lowest BCUT2D eigenvalue weighted by molar-refractivity contribution is 0.139. The number of nitrogens with zero attached hydrogens (tertiary/aromatic N) is 3. The van der Waals surface area contributed by atoms with E-state index in [9.17, 15) is 0 Å². The highest BCUT2D eigenvalue weighted by molar-refractivity contribution is 5.97. The molecule has 0 amide bonds. The Bertz CT molecular complexity index is 635. The van der Waals surface area contributed by atoms with Crippen LogP contribution in [0.2, 0.25) is 0 Å². The van der Waals surface area contributed by atoms with Gasteiger partial charge in [-0.15, -0.1) is 0 Å². The molecule has 0 spiro atoms. The number of para-hydroxylation sites is 1. The van der Waals surface area contributed by atoms with Crippen LogP contribution in [0.3, 0.4) is 0 Å². The molecule has 0 radical (unpaired) electrons. The highest BCUT2D eigenvalue weighted by atomic mass is 15.3. The molecule has 4 heteroatoms. The van der Waals surface area contributed by atoms with E-state index in [1.54, 1.807) is 6.20 Å². The molecule has 1 aromatic heterocycles. The highest BCUT2D eigenvalue weighted by Crippen LogP contribution is 2.34. The van der Waals surface area contributed by atoms with Crippen molar-refractivity contribution in [3.8, 4) is 0 Å². The Labute approximate surface area is 120 Å². The Morgan fingerprint density at radius 1 is 1.20 bits per heavy atom. The van der Waals surface area contributed by atoms with Crippen molar-refractivity contribution in [3.63, 3.8) is 0 Å². The summed E-state index contributed by atoms with van der Waals surface area (Å²) >= 11 is 0. The van der Waals surface area contributed by atoms with E-state index in [1.807, 2.05) is 18.2 Å². The standard InChI is InChI=1S/C16H22N4/c1-16(2)11-20(9-8-19(16)3)15-12-6-4-5-7-14(12)18-10-13(15)17/h4-7,10H,8-9,11,17H2,1-3H3. The fourth-order valence-corrected chi connectivity index (χ4v) is 2.93. The van der Waals surface area contributed by atoms with Crippen molar-refractivity contribution in [3.05, 3.63) is 30.5 Å². The topological polar surface area (TPSA) is 45.4 Å². The van der Waals surface area contributed by atoms with Gasteiger partial charge in [0.05, 0.1) is 23.1 Å². The monoisotopic (exact) mass is 270 g/mol. The van der Waals surface area contributed by atoms with Gasteiger partial charge < -0.3 is 10.6 Å². The van der Waals surface area contributed by atoms with Gasteiger partial charge in [0.1, 0.15) is 0 Å². The van der Waals surface area contributed by atoms with Crippen molar-refractivity contribution >= 4 is 22.3 Å². The number of pyridine rings is 1. The molecule has 2 heterocycles. The summed E-state index contributed by atoms with van der Waals surface area (Å²) in [5.41, 5.74) is 9.28. The molecule has 2 N–H and O–H groups in total. The van der Waals surface area contributed by atoms with Gasteiger partial charge in [0.15, 0.2) is 0 Å². The lowest BCUT2D eigenvalue weighted by Crippen LogP contribution is -2.57. The third-order valence-electron chi connectivity index (χ3n) is 4.41. The molecule has 3 rings (SSSR count). The maximum Gasteiger partial charge on any atom is 0.0745 e. The van der Waals surface area contributed by atoms with E-state index < -0.39 is 0 Å². The van der Waals surface area contributed by atoms with Crippen molar-refractivity contribution in [2.24, 2.45) is 0 Å². The predicted octanol–water partition coefficient (Wildman–Crippen LogP) is 2.35. The van der Waals surface area contributed by atoms with Crippen LogP contribution < -0.4 is 10.6 Å². The number of hydrogen-bond donors (Lipinski definition) is 1. The number of piperazine rings is 1. The van der Waals surface area contributed by atoms with Gasteiger partial charge >= 0.3 is 0 Å². The Balaban J connectivity index is 2.08. The molecule has 0 atom stereocenters. The van der Waals surface area contributed by atoms with Crippen LogP contribution in [0.4, 0.5) is 11.4 Å². The number of anilines is 2. The molecule has 1 fully saturated rings. The first-order valence-electron chi connectivity index (χ1n) is 7.08. The second kappa shape index (κ2) is 4.63. The van der Waals surface area contributed by atoms with Gasteiger partial charge in [-0.2, -0.15) is 0 Å². The van der Waals surface area contributed by atoms with E-state index in [0.717, 1.165) is 41.9 Å². The van der Waals surface area contributed by atoms with Gasteiger partial charge in [-0.25, -0.2) is 0 Å². The number of aromatic nitrogens is 1. The summed E-state index contributed by atoms with van der Waals surface area (Å²) < 4.78 is 0. The fraction of sp³-hybridized carbons (Fsp3) is 0.438. The molecule has 106 valence electrons. The number of benzene rings is 1. The molecule has 1 aromatic carbocycles. The first-order chi connectivity index (χ1) is 9.49. The van der Waals surface area contributed by atoms with Crippen molar-refractivity contribution in [2.75, 3.05) is 37.3 Å². The first kappa shape index (κ1) is 13.2. The molecule has 1 aliphatic heterocycles. The minimum absolute atomic E-state index is 0.148. The summed E-state index contributed by atoms with van der Waals surface area (Å²) in [4.78, 5) is 9.23. The van der Waals surface area contributed by atoms with Gasteiger partial charge in [0.2, 0.25) is 0 Å². The van der Waals surface area contributed by atoms with E-state index in [0.29, 0.717) is 0 Å². The zero-order valence-corrected chi connectivity index (χ0v) is 12.4. The number of rotatable bonds is 1. The minimum Gasteiger partial charge on any atom is -0.396 e. The maximum atomic E-state index is 6.22. The lowest BCUT2D eigenvalue weighted by Gasteiger charge is -2.46. The summed E-state index contributed by atoms with van der Waals surface area (Å²) in [6, 6.07) is 8.22. The average Bonchev–Trinajstić information content (AvgIpc) is 2.42. The number of nitrogens with two attached hydrogens (primary N) is 1. The lowest BCUT2D eigenvalue weighted by atomic mass is 9.98. The quantitative estimate of drug-likeness (QED) is 0.864. The summed E-state index contributed by atoms with van der Waals surface area (Å²) in [5.74, 6) is 0. The summed E-state index contributed by atoms with van der Waals surface area (Å²) in [5, 5.41) is 1.15. The van der Waals surface area contributed by atoms with Crippen molar-refractivity contribution < 1.29 is 0 Å². The number of fused-ring (bicyclic) bond motifs is 1. The Hall–Kier alpha value is -1.81. The molecule has 0 saturated carbocycles. The number of nitrogen functional groups attached to an aromatic ring is 1. The minimum atomic E-state index is 0.148. The maximum absolute atomic E-state index is 6.22.